The van der Waals surface area contributed by atoms with E-state index in [-0.39, 0.29) is 0 Å². The van der Waals surface area contributed by atoms with Crippen LogP contribution in [0.25, 0.3) is 0 Å². The van der Waals surface area contributed by atoms with Gasteiger partial charge in [-0.05, 0) is 19.4 Å². The molecule has 0 aromatic carbocycles. The average Bonchev–Trinajstić information content (AvgIpc) is 2.68. The molecule has 0 spiro atoms. The van der Waals surface area contributed by atoms with E-state index in [2.05, 4.69) is 10.6 Å². The first-order valence-corrected chi connectivity index (χ1v) is 4.99. The quantitative estimate of drug-likeness (QED) is 0.470. The minimum Gasteiger partial charge on any atom is -0.481 e. The van der Waals surface area contributed by atoms with Crippen molar-refractivity contribution in [3.63, 3.8) is 0 Å². The minimum absolute atomic E-state index is 0.407. The number of hydrogen-bond donors (Lipinski definition) is 4. The van der Waals surface area contributed by atoms with Gasteiger partial charge in [-0.1, -0.05) is 0 Å². The van der Waals surface area contributed by atoms with Gasteiger partial charge in [0.05, 0.1) is 12.5 Å². The number of hydrogen-bond acceptors (Lipinski definition) is 4. The summed E-state index contributed by atoms with van der Waals surface area (Å²) in [7, 11) is 0. The van der Waals surface area contributed by atoms with E-state index in [1.807, 2.05) is 0 Å². The van der Waals surface area contributed by atoms with Crippen LogP contribution in [-0.4, -0.2) is 46.7 Å². The van der Waals surface area contributed by atoms with Gasteiger partial charge >= 0.3 is 11.9 Å². The molecule has 1 rings (SSSR count). The maximum atomic E-state index is 11.5. The highest BCUT2D eigenvalue weighted by atomic mass is 16.4. The monoisotopic (exact) mass is 230 g/mol. The summed E-state index contributed by atoms with van der Waals surface area (Å²) < 4.78 is 0. The summed E-state index contributed by atoms with van der Waals surface area (Å²) in [6.07, 6.45) is 0.883. The number of carboxylic acid groups (broad SMARTS) is 2. The van der Waals surface area contributed by atoms with Gasteiger partial charge in [0.2, 0.25) is 5.91 Å². The molecule has 1 aliphatic heterocycles. The van der Waals surface area contributed by atoms with Crippen LogP contribution >= 0.6 is 0 Å². The van der Waals surface area contributed by atoms with Crippen molar-refractivity contribution < 1.29 is 24.6 Å². The van der Waals surface area contributed by atoms with E-state index in [1.54, 1.807) is 0 Å². The highest BCUT2D eigenvalue weighted by Crippen LogP contribution is 2.05. The molecule has 4 N–H and O–H groups in total. The number of rotatable bonds is 5. The molecule has 1 aliphatic rings. The molecular weight excluding hydrogens is 216 g/mol. The van der Waals surface area contributed by atoms with Crippen molar-refractivity contribution in [2.45, 2.75) is 31.3 Å². The smallest absolute Gasteiger partial charge is 0.326 e. The molecule has 0 radical (unpaired) electrons. The third-order valence-corrected chi connectivity index (χ3v) is 2.37. The molecule has 90 valence electrons. The van der Waals surface area contributed by atoms with Crippen molar-refractivity contribution in [3.8, 4) is 0 Å². The normalized spacial score (nSPS) is 21.4. The summed E-state index contributed by atoms with van der Waals surface area (Å²) in [5, 5.41) is 22.3. The third kappa shape index (κ3) is 3.50. The summed E-state index contributed by atoms with van der Waals surface area (Å²) in [5.41, 5.74) is 0. The number of carbonyl (C=O) groups excluding carboxylic acids is 1. The highest BCUT2D eigenvalue weighted by Gasteiger charge is 2.28. The van der Waals surface area contributed by atoms with Crippen molar-refractivity contribution in [2.75, 3.05) is 6.54 Å². The van der Waals surface area contributed by atoms with Gasteiger partial charge in [0, 0.05) is 0 Å². The second-order valence-corrected chi connectivity index (χ2v) is 3.65. The third-order valence-electron chi connectivity index (χ3n) is 2.37. The highest BCUT2D eigenvalue weighted by molar-refractivity contribution is 5.89. The number of carboxylic acids is 2. The Morgan fingerprint density at radius 2 is 2.06 bits per heavy atom. The second kappa shape index (κ2) is 5.45. The first-order chi connectivity index (χ1) is 7.50. The molecule has 16 heavy (non-hydrogen) atoms. The number of aliphatic carboxylic acids is 2. The summed E-state index contributed by atoms with van der Waals surface area (Å²) in [4.78, 5) is 32.6. The molecule has 0 aliphatic carbocycles. The zero-order chi connectivity index (χ0) is 12.1. The van der Waals surface area contributed by atoms with Crippen molar-refractivity contribution >= 4 is 17.8 Å². The zero-order valence-electron chi connectivity index (χ0n) is 8.60. The molecule has 2 atom stereocenters. The van der Waals surface area contributed by atoms with Crippen LogP contribution in [0.5, 0.6) is 0 Å². The molecule has 0 aromatic rings. The van der Waals surface area contributed by atoms with Crippen LogP contribution in [0, 0.1) is 0 Å². The Hall–Kier alpha value is -1.63. The molecule has 1 fully saturated rings. The summed E-state index contributed by atoms with van der Waals surface area (Å²) in [5.74, 6) is -3.05. The van der Waals surface area contributed by atoms with Crippen molar-refractivity contribution in [1.82, 2.24) is 10.6 Å². The Labute approximate surface area is 91.8 Å². The maximum Gasteiger partial charge on any atom is 0.326 e. The first kappa shape index (κ1) is 12.4. The van der Waals surface area contributed by atoms with Gasteiger partial charge < -0.3 is 20.8 Å². The van der Waals surface area contributed by atoms with Crippen LogP contribution in [0.4, 0.5) is 0 Å². The Morgan fingerprint density at radius 1 is 1.38 bits per heavy atom. The summed E-state index contributed by atoms with van der Waals surface area (Å²) in [6, 6.07) is -1.77. The van der Waals surface area contributed by atoms with Crippen molar-refractivity contribution in [1.29, 1.82) is 0 Å². The standard InChI is InChI=1S/C9H14N2O5/c12-7(13)4-6(9(15)16)11-8(14)5-2-1-3-10-5/h5-6,10H,1-4H2,(H,11,14)(H,12,13)(H,15,16)/t5-,6?/m1/s1. The van der Waals surface area contributed by atoms with E-state index in [1.165, 1.54) is 0 Å². The lowest BCUT2D eigenvalue weighted by Gasteiger charge is -2.15. The van der Waals surface area contributed by atoms with Gasteiger partial charge in [0.25, 0.3) is 0 Å². The molecule has 0 aromatic heterocycles. The van der Waals surface area contributed by atoms with Gasteiger partial charge in [-0.15, -0.1) is 0 Å². The molecule has 0 bridgehead atoms. The minimum atomic E-state index is -1.37. The van der Waals surface area contributed by atoms with E-state index in [0.29, 0.717) is 6.42 Å². The summed E-state index contributed by atoms with van der Waals surface area (Å²) in [6.45, 7) is 0.717. The van der Waals surface area contributed by atoms with Crippen LogP contribution in [0.2, 0.25) is 0 Å². The predicted molar refractivity (Wildman–Crippen MR) is 52.8 cm³/mol. The van der Waals surface area contributed by atoms with Gasteiger partial charge in [0.15, 0.2) is 0 Å². The van der Waals surface area contributed by atoms with Crippen LogP contribution in [0.3, 0.4) is 0 Å². The van der Waals surface area contributed by atoms with E-state index in [0.717, 1.165) is 13.0 Å². The first-order valence-electron chi connectivity index (χ1n) is 4.99. The second-order valence-electron chi connectivity index (χ2n) is 3.65. The number of carbonyl (C=O) groups is 3. The fourth-order valence-electron chi connectivity index (χ4n) is 1.56. The van der Waals surface area contributed by atoms with E-state index < -0.39 is 36.4 Å². The zero-order valence-corrected chi connectivity index (χ0v) is 8.60. The van der Waals surface area contributed by atoms with Crippen molar-refractivity contribution in [2.24, 2.45) is 0 Å². The van der Waals surface area contributed by atoms with Gasteiger partial charge in [-0.25, -0.2) is 4.79 Å². The topological polar surface area (TPSA) is 116 Å². The Morgan fingerprint density at radius 3 is 2.50 bits per heavy atom. The maximum absolute atomic E-state index is 11.5. The molecule has 1 saturated heterocycles. The fraction of sp³-hybridized carbons (Fsp3) is 0.667. The largest absolute Gasteiger partial charge is 0.481 e. The lowest BCUT2D eigenvalue weighted by atomic mass is 10.1. The Bertz CT molecular complexity index is 298. The van der Waals surface area contributed by atoms with Crippen LogP contribution in [0.15, 0.2) is 0 Å². The molecule has 1 unspecified atom stereocenters. The lowest BCUT2D eigenvalue weighted by molar-refractivity contribution is -0.147. The van der Waals surface area contributed by atoms with E-state index in [9.17, 15) is 14.4 Å². The van der Waals surface area contributed by atoms with Crippen molar-refractivity contribution in [3.05, 3.63) is 0 Å². The summed E-state index contributed by atoms with van der Waals surface area (Å²) >= 11 is 0. The van der Waals surface area contributed by atoms with E-state index in [4.69, 9.17) is 10.2 Å². The lowest BCUT2D eigenvalue weighted by Crippen LogP contribution is -2.48. The van der Waals surface area contributed by atoms with Gasteiger partial charge in [-0.2, -0.15) is 0 Å². The molecular formula is C9H14N2O5. The molecule has 0 saturated carbocycles. The van der Waals surface area contributed by atoms with E-state index >= 15 is 0 Å². The molecule has 1 amide bonds. The Kier molecular flexibility index (Phi) is 4.24. The molecule has 7 heteroatoms. The predicted octanol–water partition coefficient (Wildman–Crippen LogP) is -1.22. The van der Waals surface area contributed by atoms with Crippen LogP contribution in [-0.2, 0) is 14.4 Å². The average molecular weight is 230 g/mol. The van der Waals surface area contributed by atoms with Crippen LogP contribution in [0.1, 0.15) is 19.3 Å². The Balaban J connectivity index is 2.50. The van der Waals surface area contributed by atoms with Gasteiger partial charge in [0.1, 0.15) is 6.04 Å². The number of amides is 1. The number of nitrogens with one attached hydrogen (secondary N) is 2. The van der Waals surface area contributed by atoms with Crippen LogP contribution < -0.4 is 10.6 Å². The SMILES string of the molecule is O=C(O)CC(NC(=O)[C@H]1CCCN1)C(=O)O. The fourth-order valence-corrected chi connectivity index (χ4v) is 1.56. The molecule has 7 nitrogen and oxygen atoms in total. The van der Waals surface area contributed by atoms with Gasteiger partial charge in [-0.3, -0.25) is 9.59 Å². The molecule has 1 heterocycles.